The van der Waals surface area contributed by atoms with Crippen molar-refractivity contribution in [3.8, 4) is 0 Å². The normalized spacial score (nSPS) is 16.9. The molecule has 2 N–H and O–H groups in total. The van der Waals surface area contributed by atoms with Crippen LogP contribution in [0.3, 0.4) is 0 Å². The van der Waals surface area contributed by atoms with E-state index in [-0.39, 0.29) is 54.6 Å². The first-order valence-electron chi connectivity index (χ1n) is 9.45. The Labute approximate surface area is 172 Å². The number of halogens is 5. The average molecular weight is 440 g/mol. The van der Waals surface area contributed by atoms with Crippen LogP contribution in [0.5, 0.6) is 0 Å². The molecule has 0 aromatic carbocycles. The van der Waals surface area contributed by atoms with Crippen LogP contribution in [-0.4, -0.2) is 37.5 Å². The van der Waals surface area contributed by atoms with Crippen LogP contribution in [0.15, 0.2) is 36.7 Å². The molecule has 0 spiro atoms. The maximum absolute atomic E-state index is 13.3. The van der Waals surface area contributed by atoms with Gasteiger partial charge in [0.05, 0.1) is 6.20 Å². The Kier molecular flexibility index (Phi) is 5.23. The molecular formula is C19H17F5N6O. The van der Waals surface area contributed by atoms with E-state index in [9.17, 15) is 26.7 Å². The van der Waals surface area contributed by atoms with Gasteiger partial charge in [0.2, 0.25) is 5.92 Å². The van der Waals surface area contributed by atoms with Gasteiger partial charge in [0.25, 0.3) is 5.91 Å². The van der Waals surface area contributed by atoms with Crippen LogP contribution in [0.25, 0.3) is 5.65 Å². The summed E-state index contributed by atoms with van der Waals surface area (Å²) in [7, 11) is 0. The van der Waals surface area contributed by atoms with Gasteiger partial charge in [0, 0.05) is 25.1 Å². The standard InChI is InChI=1S/C19H17F5N6O/c20-18(21)7-4-11(5-8-18)26-17(31)12-10-25-30-9-6-15(29-16(12)30)28-14-3-1-2-13(27-14)19(22,23)24/h1-3,6,9-11H,4-5,7-8H2,(H,26,31)(H,27,28,29). The summed E-state index contributed by atoms with van der Waals surface area (Å²) in [5.41, 5.74) is -0.769. The molecule has 1 saturated carbocycles. The first kappa shape index (κ1) is 20.9. The van der Waals surface area contributed by atoms with Crippen LogP contribution in [0.2, 0.25) is 0 Å². The number of anilines is 2. The lowest BCUT2D eigenvalue weighted by Crippen LogP contribution is -2.40. The van der Waals surface area contributed by atoms with Gasteiger partial charge in [-0.1, -0.05) is 6.07 Å². The number of nitrogens with one attached hydrogen (secondary N) is 2. The minimum absolute atomic E-state index is 0.0691. The minimum atomic E-state index is -4.59. The van der Waals surface area contributed by atoms with Crippen molar-refractivity contribution in [2.45, 2.75) is 43.8 Å². The highest BCUT2D eigenvalue weighted by Crippen LogP contribution is 2.33. The summed E-state index contributed by atoms with van der Waals surface area (Å²) in [6, 6.07) is 4.50. The third-order valence-corrected chi connectivity index (χ3v) is 4.96. The largest absolute Gasteiger partial charge is 0.433 e. The highest BCUT2D eigenvalue weighted by Gasteiger charge is 2.35. The molecule has 31 heavy (non-hydrogen) atoms. The molecular weight excluding hydrogens is 423 g/mol. The van der Waals surface area contributed by atoms with Crippen LogP contribution >= 0.6 is 0 Å². The van der Waals surface area contributed by atoms with Gasteiger partial charge in [-0.2, -0.15) is 18.3 Å². The summed E-state index contributed by atoms with van der Waals surface area (Å²) >= 11 is 0. The molecule has 0 unspecified atom stereocenters. The SMILES string of the molecule is O=C(NC1CCC(F)(F)CC1)c1cnn2ccc(Nc3cccc(C(F)(F)F)n3)nc12. The molecule has 0 aliphatic heterocycles. The Hall–Kier alpha value is -3.31. The number of fused-ring (bicyclic) bond motifs is 1. The van der Waals surface area contributed by atoms with Crippen molar-refractivity contribution in [3.05, 3.63) is 47.9 Å². The van der Waals surface area contributed by atoms with Gasteiger partial charge in [-0.3, -0.25) is 4.79 Å². The highest BCUT2D eigenvalue weighted by molar-refractivity contribution is 6.00. The maximum atomic E-state index is 13.3. The van der Waals surface area contributed by atoms with Gasteiger partial charge in [-0.25, -0.2) is 23.3 Å². The molecule has 1 fully saturated rings. The van der Waals surface area contributed by atoms with E-state index in [4.69, 9.17) is 0 Å². The van der Waals surface area contributed by atoms with E-state index in [1.807, 2.05) is 0 Å². The van der Waals surface area contributed by atoms with Crippen LogP contribution in [-0.2, 0) is 6.18 Å². The third-order valence-electron chi connectivity index (χ3n) is 4.96. The molecule has 12 heteroatoms. The van der Waals surface area contributed by atoms with E-state index in [0.717, 1.165) is 6.07 Å². The van der Waals surface area contributed by atoms with Crippen molar-refractivity contribution in [3.63, 3.8) is 0 Å². The van der Waals surface area contributed by atoms with Crippen molar-refractivity contribution in [1.82, 2.24) is 24.9 Å². The fraction of sp³-hybridized carbons (Fsp3) is 0.368. The second-order valence-electron chi connectivity index (χ2n) is 7.27. The highest BCUT2D eigenvalue weighted by atomic mass is 19.4. The molecule has 0 saturated heterocycles. The molecule has 3 aromatic rings. The number of alkyl halides is 5. The van der Waals surface area contributed by atoms with Crippen LogP contribution in [0, 0.1) is 0 Å². The Bertz CT molecular complexity index is 1100. The topological polar surface area (TPSA) is 84.2 Å². The lowest BCUT2D eigenvalue weighted by atomic mass is 9.92. The fourth-order valence-corrected chi connectivity index (χ4v) is 3.34. The number of amides is 1. The van der Waals surface area contributed by atoms with E-state index >= 15 is 0 Å². The summed E-state index contributed by atoms with van der Waals surface area (Å²) in [6.45, 7) is 0. The molecule has 4 rings (SSSR count). The molecule has 0 radical (unpaired) electrons. The number of carbonyl (C=O) groups is 1. The van der Waals surface area contributed by atoms with Crippen molar-refractivity contribution in [1.29, 1.82) is 0 Å². The van der Waals surface area contributed by atoms with Gasteiger partial charge in [-0.15, -0.1) is 0 Å². The molecule has 1 aliphatic carbocycles. The van der Waals surface area contributed by atoms with Crippen molar-refractivity contribution >= 4 is 23.2 Å². The zero-order chi connectivity index (χ0) is 22.2. The second kappa shape index (κ2) is 7.75. The van der Waals surface area contributed by atoms with Gasteiger partial charge < -0.3 is 10.6 Å². The first-order chi connectivity index (χ1) is 14.6. The number of rotatable bonds is 4. The molecule has 0 atom stereocenters. The van der Waals surface area contributed by atoms with Crippen LogP contribution in [0.1, 0.15) is 41.7 Å². The number of hydrogen-bond acceptors (Lipinski definition) is 5. The molecule has 3 aromatic heterocycles. The van der Waals surface area contributed by atoms with Crippen LogP contribution in [0.4, 0.5) is 33.6 Å². The molecule has 1 amide bonds. The quantitative estimate of drug-likeness (QED) is 0.595. The summed E-state index contributed by atoms with van der Waals surface area (Å²) < 4.78 is 66.5. The third kappa shape index (κ3) is 4.72. The minimum Gasteiger partial charge on any atom is -0.349 e. The van der Waals surface area contributed by atoms with E-state index in [0.29, 0.717) is 0 Å². The monoisotopic (exact) mass is 440 g/mol. The van der Waals surface area contributed by atoms with Crippen molar-refractivity contribution in [2.75, 3.05) is 5.32 Å². The summed E-state index contributed by atoms with van der Waals surface area (Å²) in [6.07, 6.45) is -2.06. The Morgan fingerprint density at radius 1 is 1.10 bits per heavy atom. The maximum Gasteiger partial charge on any atom is 0.433 e. The number of pyridine rings is 1. The molecule has 164 valence electrons. The van der Waals surface area contributed by atoms with Gasteiger partial charge in [0.1, 0.15) is 22.9 Å². The van der Waals surface area contributed by atoms with E-state index in [2.05, 4.69) is 25.7 Å². The lowest BCUT2D eigenvalue weighted by molar-refractivity contribution is -0.141. The second-order valence-corrected chi connectivity index (χ2v) is 7.27. The fourth-order valence-electron chi connectivity index (χ4n) is 3.34. The Morgan fingerprint density at radius 3 is 2.52 bits per heavy atom. The zero-order valence-electron chi connectivity index (χ0n) is 16.0. The van der Waals surface area contributed by atoms with E-state index < -0.39 is 23.7 Å². The molecule has 1 aliphatic rings. The Balaban J connectivity index is 1.52. The molecule has 0 bridgehead atoms. The smallest absolute Gasteiger partial charge is 0.349 e. The predicted molar refractivity (Wildman–Crippen MR) is 100 cm³/mol. The van der Waals surface area contributed by atoms with E-state index in [1.54, 1.807) is 0 Å². The summed E-state index contributed by atoms with van der Waals surface area (Å²) in [4.78, 5) is 20.4. The molecule has 3 heterocycles. The van der Waals surface area contributed by atoms with Gasteiger partial charge >= 0.3 is 6.18 Å². The predicted octanol–water partition coefficient (Wildman–Crippen LogP) is 4.19. The van der Waals surface area contributed by atoms with Crippen LogP contribution < -0.4 is 10.6 Å². The number of carbonyl (C=O) groups excluding carboxylic acids is 1. The summed E-state index contributed by atoms with van der Waals surface area (Å²) in [5, 5.41) is 9.43. The Morgan fingerprint density at radius 2 is 1.81 bits per heavy atom. The number of nitrogens with zero attached hydrogens (tertiary/aromatic N) is 4. The lowest BCUT2D eigenvalue weighted by Gasteiger charge is -2.28. The van der Waals surface area contributed by atoms with E-state index in [1.165, 1.54) is 35.1 Å². The number of aromatic nitrogens is 4. The first-order valence-corrected chi connectivity index (χ1v) is 9.45. The van der Waals surface area contributed by atoms with Gasteiger partial charge in [0.15, 0.2) is 5.65 Å². The van der Waals surface area contributed by atoms with Crippen molar-refractivity contribution < 1.29 is 26.7 Å². The van der Waals surface area contributed by atoms with Crippen molar-refractivity contribution in [2.24, 2.45) is 0 Å². The summed E-state index contributed by atoms with van der Waals surface area (Å²) in [5.74, 6) is -3.12. The zero-order valence-corrected chi connectivity index (χ0v) is 16.0. The number of hydrogen-bond donors (Lipinski definition) is 2. The van der Waals surface area contributed by atoms with Gasteiger partial charge in [-0.05, 0) is 31.0 Å². The molecule has 7 nitrogen and oxygen atoms in total. The average Bonchev–Trinajstić information content (AvgIpc) is 3.12.